The summed E-state index contributed by atoms with van der Waals surface area (Å²) < 4.78 is 10.9. The van der Waals surface area contributed by atoms with Crippen LogP contribution in [0.15, 0.2) is 24.3 Å². The summed E-state index contributed by atoms with van der Waals surface area (Å²) >= 11 is 1.50. The quantitative estimate of drug-likeness (QED) is 0.295. The Morgan fingerprint density at radius 3 is 2.18 bits per heavy atom. The second-order valence-electron chi connectivity index (χ2n) is 11.4. The van der Waals surface area contributed by atoms with E-state index in [0.29, 0.717) is 4.88 Å². The molecule has 0 bridgehead atoms. The van der Waals surface area contributed by atoms with Crippen LogP contribution in [0.5, 0.6) is 5.75 Å². The van der Waals surface area contributed by atoms with E-state index in [9.17, 15) is 14.7 Å². The van der Waals surface area contributed by atoms with Gasteiger partial charge in [-0.25, -0.2) is 4.79 Å². The van der Waals surface area contributed by atoms with Gasteiger partial charge in [-0.15, -0.1) is 11.3 Å². The largest absolute Gasteiger partial charge is 0.491 e. The summed E-state index contributed by atoms with van der Waals surface area (Å²) in [5, 5.41) is 13.3. The van der Waals surface area contributed by atoms with Crippen LogP contribution in [-0.2, 0) is 14.9 Å². The lowest BCUT2D eigenvalue weighted by molar-refractivity contribution is -0.144. The van der Waals surface area contributed by atoms with Crippen LogP contribution in [0, 0.1) is 25.2 Å². The summed E-state index contributed by atoms with van der Waals surface area (Å²) in [5.74, 6) is 0.0588. The molecular formula is C31H47NO5S. The number of aliphatic hydroxyl groups is 1. The van der Waals surface area contributed by atoms with Gasteiger partial charge in [0.1, 0.15) is 18.4 Å². The molecule has 212 valence electrons. The molecule has 2 unspecified atom stereocenters. The standard InChI is InChI=1S/C31H47NO5S/c1-11-19(4)26(29(35)36-10)32-28(34)27-21(6)17-25(38-27)31(12-2,13-3)22-14-15-23(20(5)16-22)37-18-24(33)30(7,8)9/h14-17,19,24,26,33H,11-13,18H2,1-10H3,(H,32,34)/t19?,24?,26-/m0/s1. The van der Waals surface area contributed by atoms with Crippen LogP contribution >= 0.6 is 11.3 Å². The Morgan fingerprint density at radius 2 is 1.68 bits per heavy atom. The van der Waals surface area contributed by atoms with E-state index in [1.165, 1.54) is 24.0 Å². The molecule has 0 aliphatic rings. The van der Waals surface area contributed by atoms with Crippen molar-refractivity contribution in [3.8, 4) is 5.75 Å². The van der Waals surface area contributed by atoms with Gasteiger partial charge < -0.3 is 19.9 Å². The van der Waals surface area contributed by atoms with Crippen LogP contribution in [0.25, 0.3) is 0 Å². The first kappa shape index (κ1) is 31.8. The van der Waals surface area contributed by atoms with E-state index in [4.69, 9.17) is 9.47 Å². The fourth-order valence-corrected chi connectivity index (χ4v) is 6.05. The molecule has 2 N–H and O–H groups in total. The first-order chi connectivity index (χ1) is 17.7. The molecule has 6 nitrogen and oxygen atoms in total. The third kappa shape index (κ3) is 6.97. The molecule has 1 aromatic carbocycles. The van der Waals surface area contributed by atoms with Gasteiger partial charge in [0.2, 0.25) is 0 Å². The topological polar surface area (TPSA) is 84.9 Å². The molecule has 1 amide bonds. The number of nitrogens with one attached hydrogen (secondary N) is 1. The number of methoxy groups -OCH3 is 1. The lowest BCUT2D eigenvalue weighted by atomic mass is 9.74. The molecule has 3 atom stereocenters. The van der Waals surface area contributed by atoms with E-state index in [1.807, 2.05) is 54.5 Å². The average Bonchev–Trinajstić information content (AvgIpc) is 3.27. The van der Waals surface area contributed by atoms with Crippen molar-refractivity contribution in [1.29, 1.82) is 0 Å². The molecule has 1 aromatic heterocycles. The molecule has 1 heterocycles. The van der Waals surface area contributed by atoms with Gasteiger partial charge in [0, 0.05) is 10.3 Å². The molecule has 0 fully saturated rings. The molecule has 0 radical (unpaired) electrons. The molecule has 0 aliphatic carbocycles. The monoisotopic (exact) mass is 545 g/mol. The Labute approximate surface area is 233 Å². The third-order valence-electron chi connectivity index (χ3n) is 7.88. The molecule has 38 heavy (non-hydrogen) atoms. The van der Waals surface area contributed by atoms with Gasteiger partial charge in [0.05, 0.1) is 18.1 Å². The number of thiophene rings is 1. The van der Waals surface area contributed by atoms with Crippen molar-refractivity contribution < 1.29 is 24.2 Å². The minimum absolute atomic E-state index is 0.0373. The highest BCUT2D eigenvalue weighted by atomic mass is 32.1. The average molecular weight is 546 g/mol. The highest BCUT2D eigenvalue weighted by molar-refractivity contribution is 7.14. The summed E-state index contributed by atoms with van der Waals surface area (Å²) in [6, 6.07) is 7.68. The summed E-state index contributed by atoms with van der Waals surface area (Å²) in [5.41, 5.74) is 2.56. The minimum atomic E-state index is -0.684. The summed E-state index contributed by atoms with van der Waals surface area (Å²) in [6.45, 7) is 18.5. The first-order valence-electron chi connectivity index (χ1n) is 13.7. The van der Waals surface area contributed by atoms with Crippen molar-refractivity contribution in [2.45, 2.75) is 99.1 Å². The molecule has 0 saturated carbocycles. The van der Waals surface area contributed by atoms with Gasteiger partial charge in [0.25, 0.3) is 5.91 Å². The van der Waals surface area contributed by atoms with Gasteiger partial charge in [-0.05, 0) is 66.8 Å². The number of hydrogen-bond acceptors (Lipinski definition) is 6. The fourth-order valence-electron chi connectivity index (χ4n) is 4.62. The van der Waals surface area contributed by atoms with Crippen LogP contribution in [0.3, 0.4) is 0 Å². The third-order valence-corrected chi connectivity index (χ3v) is 9.32. The van der Waals surface area contributed by atoms with Gasteiger partial charge in [-0.1, -0.05) is 67.0 Å². The minimum Gasteiger partial charge on any atom is -0.491 e. The van der Waals surface area contributed by atoms with E-state index in [1.54, 1.807) is 0 Å². The van der Waals surface area contributed by atoms with Gasteiger partial charge in [-0.3, -0.25) is 4.79 Å². The lowest BCUT2D eigenvalue weighted by Crippen LogP contribution is -2.45. The zero-order valence-corrected chi connectivity index (χ0v) is 25.7. The first-order valence-corrected chi connectivity index (χ1v) is 14.5. The maximum absolute atomic E-state index is 13.3. The molecule has 0 saturated heterocycles. The predicted octanol–water partition coefficient (Wildman–Crippen LogP) is 6.57. The number of esters is 1. The van der Waals surface area contributed by atoms with Crippen molar-refractivity contribution in [3.63, 3.8) is 0 Å². The number of aryl methyl sites for hydroxylation is 2. The van der Waals surface area contributed by atoms with Crippen molar-refractivity contribution in [1.82, 2.24) is 5.32 Å². The van der Waals surface area contributed by atoms with Crippen LogP contribution < -0.4 is 10.1 Å². The Kier molecular flexibility index (Phi) is 11.0. The zero-order chi connectivity index (χ0) is 28.8. The Bertz CT molecular complexity index is 1100. The summed E-state index contributed by atoms with van der Waals surface area (Å²) in [6.07, 6.45) is 1.91. The molecule has 0 aliphatic heterocycles. The van der Waals surface area contributed by atoms with Gasteiger partial charge in [-0.2, -0.15) is 0 Å². The fraction of sp³-hybridized carbons (Fsp3) is 0.613. The zero-order valence-electron chi connectivity index (χ0n) is 24.9. The van der Waals surface area contributed by atoms with Gasteiger partial charge in [0.15, 0.2) is 0 Å². The van der Waals surface area contributed by atoms with Crippen LogP contribution in [0.4, 0.5) is 0 Å². The summed E-state index contributed by atoms with van der Waals surface area (Å²) in [4.78, 5) is 27.4. The van der Waals surface area contributed by atoms with Crippen LogP contribution in [0.1, 0.15) is 99.0 Å². The Balaban J connectivity index is 2.39. The number of carbonyl (C=O) groups excluding carboxylic acids is 2. The predicted molar refractivity (Wildman–Crippen MR) is 155 cm³/mol. The number of aliphatic hydroxyl groups excluding tert-OH is 1. The highest BCUT2D eigenvalue weighted by Crippen LogP contribution is 2.44. The van der Waals surface area contributed by atoms with E-state index < -0.39 is 18.1 Å². The maximum Gasteiger partial charge on any atom is 0.328 e. The summed E-state index contributed by atoms with van der Waals surface area (Å²) in [7, 11) is 1.35. The smallest absolute Gasteiger partial charge is 0.328 e. The molecular weight excluding hydrogens is 498 g/mol. The van der Waals surface area contributed by atoms with E-state index in [-0.39, 0.29) is 29.3 Å². The van der Waals surface area contributed by atoms with Crippen molar-refractivity contribution in [2.75, 3.05) is 13.7 Å². The van der Waals surface area contributed by atoms with E-state index >= 15 is 0 Å². The van der Waals surface area contributed by atoms with E-state index in [0.717, 1.165) is 41.0 Å². The van der Waals surface area contributed by atoms with Gasteiger partial charge >= 0.3 is 5.97 Å². The van der Waals surface area contributed by atoms with Crippen molar-refractivity contribution in [2.24, 2.45) is 11.3 Å². The van der Waals surface area contributed by atoms with Crippen LogP contribution in [0.2, 0.25) is 0 Å². The lowest BCUT2D eigenvalue weighted by Gasteiger charge is -2.32. The van der Waals surface area contributed by atoms with Crippen molar-refractivity contribution in [3.05, 3.63) is 50.7 Å². The maximum atomic E-state index is 13.3. The molecule has 2 rings (SSSR count). The molecule has 2 aromatic rings. The van der Waals surface area contributed by atoms with Crippen LogP contribution in [-0.4, -0.2) is 42.8 Å². The normalized spacial score (nSPS) is 14.5. The number of carbonyl (C=O) groups is 2. The number of ether oxygens (including phenoxy) is 2. The number of benzene rings is 1. The molecule has 0 spiro atoms. The number of rotatable bonds is 12. The molecule has 7 heteroatoms. The Morgan fingerprint density at radius 1 is 1.05 bits per heavy atom. The van der Waals surface area contributed by atoms with E-state index in [2.05, 4.69) is 37.4 Å². The SMILES string of the molecule is CCC(C)[C@H](NC(=O)c1sc(C(CC)(CC)c2ccc(OCC(O)C(C)(C)C)c(C)c2)cc1C)C(=O)OC. The number of amides is 1. The highest BCUT2D eigenvalue weighted by Gasteiger charge is 2.35. The number of hydrogen-bond donors (Lipinski definition) is 2. The second-order valence-corrected chi connectivity index (χ2v) is 12.5. The second kappa shape index (κ2) is 13.1. The Hall–Kier alpha value is -2.38. The van der Waals surface area contributed by atoms with Crippen molar-refractivity contribution >= 4 is 23.2 Å².